The van der Waals surface area contributed by atoms with Crippen molar-refractivity contribution in [1.82, 2.24) is 0 Å². The van der Waals surface area contributed by atoms with E-state index in [1.807, 2.05) is 12.1 Å². The van der Waals surface area contributed by atoms with Crippen LogP contribution in [-0.2, 0) is 11.3 Å². The third-order valence-corrected chi connectivity index (χ3v) is 1.46. The maximum atomic E-state index is 4.98. The molecule has 1 aromatic carbocycles. The van der Waals surface area contributed by atoms with Crippen molar-refractivity contribution < 1.29 is 4.74 Å². The number of hydrogen-bond donors (Lipinski definition) is 0. The molecule has 0 aliphatic rings. The second kappa shape index (κ2) is 3.37. The first-order chi connectivity index (χ1) is 4.84. The van der Waals surface area contributed by atoms with Gasteiger partial charge >= 0.3 is 0 Å². The second-order valence-electron chi connectivity index (χ2n) is 2.26. The van der Waals surface area contributed by atoms with Crippen LogP contribution >= 0.6 is 0 Å². The molecule has 0 bridgehead atoms. The standard InChI is InChI=1S/C9H11O/c1-8-5-3-4-6-9(8)7-10-2/h3-5H,7H2,1-2H3. The molecule has 0 heterocycles. The molecule has 1 aromatic rings. The lowest BCUT2D eigenvalue weighted by Crippen LogP contribution is -1.90. The van der Waals surface area contributed by atoms with Crippen LogP contribution in [0.3, 0.4) is 0 Å². The minimum atomic E-state index is 0.659. The van der Waals surface area contributed by atoms with E-state index in [1.54, 1.807) is 7.11 Å². The Kier molecular flexibility index (Phi) is 2.46. The molecule has 1 heteroatoms. The number of rotatable bonds is 2. The molecule has 0 spiro atoms. The zero-order chi connectivity index (χ0) is 7.40. The van der Waals surface area contributed by atoms with Gasteiger partial charge in [-0.15, -0.1) is 0 Å². The third kappa shape index (κ3) is 1.58. The molecule has 0 unspecified atom stereocenters. The predicted octanol–water partition coefficient (Wildman–Crippen LogP) is 1.94. The largest absolute Gasteiger partial charge is 0.380 e. The molecule has 0 aromatic heterocycles. The third-order valence-electron chi connectivity index (χ3n) is 1.46. The Bertz CT molecular complexity index is 206. The van der Waals surface area contributed by atoms with Crippen molar-refractivity contribution in [3.8, 4) is 0 Å². The molecule has 0 amide bonds. The topological polar surface area (TPSA) is 9.23 Å². The van der Waals surface area contributed by atoms with E-state index in [2.05, 4.69) is 19.1 Å². The Morgan fingerprint density at radius 3 is 3.00 bits per heavy atom. The maximum Gasteiger partial charge on any atom is 0.0721 e. The summed E-state index contributed by atoms with van der Waals surface area (Å²) in [4.78, 5) is 0. The summed E-state index contributed by atoms with van der Waals surface area (Å²) in [6.07, 6.45) is 0. The van der Waals surface area contributed by atoms with E-state index < -0.39 is 0 Å². The van der Waals surface area contributed by atoms with Crippen LogP contribution in [-0.4, -0.2) is 7.11 Å². The van der Waals surface area contributed by atoms with Gasteiger partial charge in [0, 0.05) is 7.11 Å². The van der Waals surface area contributed by atoms with Gasteiger partial charge in [-0.2, -0.15) is 0 Å². The highest BCUT2D eigenvalue weighted by Crippen LogP contribution is 2.06. The SMILES string of the molecule is COCc1[c]cccc1C. The molecule has 0 saturated heterocycles. The number of methoxy groups -OCH3 is 1. The Morgan fingerprint density at radius 2 is 2.40 bits per heavy atom. The fraction of sp³-hybridized carbons (Fsp3) is 0.333. The van der Waals surface area contributed by atoms with Gasteiger partial charge in [0.05, 0.1) is 6.61 Å². The molecule has 0 aliphatic heterocycles. The molecule has 1 nitrogen and oxygen atoms in total. The van der Waals surface area contributed by atoms with Gasteiger partial charge < -0.3 is 4.74 Å². The van der Waals surface area contributed by atoms with Crippen molar-refractivity contribution in [2.24, 2.45) is 0 Å². The molecule has 1 rings (SSSR count). The highest BCUT2D eigenvalue weighted by molar-refractivity contribution is 5.23. The summed E-state index contributed by atoms with van der Waals surface area (Å²) < 4.78 is 4.98. The molecule has 53 valence electrons. The van der Waals surface area contributed by atoms with Crippen molar-refractivity contribution in [3.05, 3.63) is 35.4 Å². The molecular formula is C9H11O. The van der Waals surface area contributed by atoms with Gasteiger partial charge in [0.1, 0.15) is 0 Å². The molecule has 0 saturated carbocycles. The highest BCUT2D eigenvalue weighted by Gasteiger charge is 1.93. The molecule has 1 radical (unpaired) electrons. The second-order valence-corrected chi connectivity index (χ2v) is 2.26. The van der Waals surface area contributed by atoms with Crippen LogP contribution < -0.4 is 0 Å². The molecule has 0 fully saturated rings. The predicted molar refractivity (Wildman–Crippen MR) is 40.7 cm³/mol. The first-order valence-electron chi connectivity index (χ1n) is 3.29. The summed E-state index contributed by atoms with van der Waals surface area (Å²) in [5, 5.41) is 0. The van der Waals surface area contributed by atoms with Gasteiger partial charge in [-0.25, -0.2) is 0 Å². The Balaban J connectivity index is 2.81. The van der Waals surface area contributed by atoms with Crippen molar-refractivity contribution >= 4 is 0 Å². The van der Waals surface area contributed by atoms with Crippen LogP contribution in [0, 0.1) is 13.0 Å². The zero-order valence-corrected chi connectivity index (χ0v) is 6.35. The fourth-order valence-electron chi connectivity index (χ4n) is 0.855. The minimum absolute atomic E-state index is 0.659. The van der Waals surface area contributed by atoms with E-state index >= 15 is 0 Å². The van der Waals surface area contributed by atoms with E-state index in [0.29, 0.717) is 6.61 Å². The first kappa shape index (κ1) is 7.29. The maximum absolute atomic E-state index is 4.98. The van der Waals surface area contributed by atoms with Crippen molar-refractivity contribution in [2.75, 3.05) is 7.11 Å². The number of hydrogen-bond acceptors (Lipinski definition) is 1. The summed E-state index contributed by atoms with van der Waals surface area (Å²) in [5.41, 5.74) is 2.38. The summed E-state index contributed by atoms with van der Waals surface area (Å²) >= 11 is 0. The zero-order valence-electron chi connectivity index (χ0n) is 6.35. The van der Waals surface area contributed by atoms with Gasteiger partial charge in [-0.1, -0.05) is 18.2 Å². The quantitative estimate of drug-likeness (QED) is 0.602. The Hall–Kier alpha value is -0.820. The summed E-state index contributed by atoms with van der Waals surface area (Å²) in [7, 11) is 1.69. The minimum Gasteiger partial charge on any atom is -0.380 e. The molecular weight excluding hydrogens is 124 g/mol. The number of ether oxygens (including phenoxy) is 1. The summed E-state index contributed by atoms with van der Waals surface area (Å²) in [6.45, 7) is 2.72. The smallest absolute Gasteiger partial charge is 0.0721 e. The first-order valence-corrected chi connectivity index (χ1v) is 3.29. The molecule has 0 N–H and O–H groups in total. The normalized spacial score (nSPS) is 9.80. The van der Waals surface area contributed by atoms with E-state index in [1.165, 1.54) is 5.56 Å². The Morgan fingerprint density at radius 1 is 1.60 bits per heavy atom. The van der Waals surface area contributed by atoms with E-state index in [4.69, 9.17) is 4.74 Å². The molecule has 0 aliphatic carbocycles. The lowest BCUT2D eigenvalue weighted by atomic mass is 10.1. The molecule has 0 atom stereocenters. The van der Waals surface area contributed by atoms with Crippen LogP contribution in [0.25, 0.3) is 0 Å². The average molecular weight is 135 g/mol. The lowest BCUT2D eigenvalue weighted by Gasteiger charge is -2.01. The van der Waals surface area contributed by atoms with Crippen LogP contribution in [0.4, 0.5) is 0 Å². The summed E-state index contributed by atoms with van der Waals surface area (Å²) in [6, 6.07) is 9.06. The van der Waals surface area contributed by atoms with Gasteiger partial charge in [0.2, 0.25) is 0 Å². The average Bonchev–Trinajstić information content (AvgIpc) is 1.94. The van der Waals surface area contributed by atoms with Crippen LogP contribution in [0.2, 0.25) is 0 Å². The fourth-order valence-corrected chi connectivity index (χ4v) is 0.855. The lowest BCUT2D eigenvalue weighted by molar-refractivity contribution is 0.184. The van der Waals surface area contributed by atoms with E-state index in [0.717, 1.165) is 5.56 Å². The van der Waals surface area contributed by atoms with Crippen molar-refractivity contribution in [3.63, 3.8) is 0 Å². The number of aryl methyl sites for hydroxylation is 1. The van der Waals surface area contributed by atoms with Crippen LogP contribution in [0.15, 0.2) is 18.2 Å². The number of benzene rings is 1. The van der Waals surface area contributed by atoms with Gasteiger partial charge in [0.25, 0.3) is 0 Å². The van der Waals surface area contributed by atoms with Gasteiger partial charge in [-0.3, -0.25) is 0 Å². The Labute approximate surface area is 61.6 Å². The van der Waals surface area contributed by atoms with Gasteiger partial charge in [0.15, 0.2) is 0 Å². The van der Waals surface area contributed by atoms with Crippen LogP contribution in [0.1, 0.15) is 11.1 Å². The summed E-state index contributed by atoms with van der Waals surface area (Å²) in [5.74, 6) is 0. The van der Waals surface area contributed by atoms with Crippen LogP contribution in [0.5, 0.6) is 0 Å². The van der Waals surface area contributed by atoms with Gasteiger partial charge in [-0.05, 0) is 24.1 Å². The molecule has 10 heavy (non-hydrogen) atoms. The van der Waals surface area contributed by atoms with Crippen molar-refractivity contribution in [2.45, 2.75) is 13.5 Å². The van der Waals surface area contributed by atoms with E-state index in [9.17, 15) is 0 Å². The monoisotopic (exact) mass is 135 g/mol. The van der Waals surface area contributed by atoms with Crippen molar-refractivity contribution in [1.29, 1.82) is 0 Å². The van der Waals surface area contributed by atoms with E-state index in [-0.39, 0.29) is 0 Å². The highest BCUT2D eigenvalue weighted by atomic mass is 16.5.